The normalized spacial score (nSPS) is 13.2. The van der Waals surface area contributed by atoms with Crippen LogP contribution in [0.4, 0.5) is 0 Å². The van der Waals surface area contributed by atoms with Crippen molar-refractivity contribution in [1.29, 1.82) is 0 Å². The van der Waals surface area contributed by atoms with E-state index >= 15 is 0 Å². The second kappa shape index (κ2) is 9.23. The molecule has 0 aliphatic rings. The number of hydrogen-bond donors (Lipinski definition) is 1. The predicted molar refractivity (Wildman–Crippen MR) is 111 cm³/mol. The van der Waals surface area contributed by atoms with Crippen molar-refractivity contribution in [2.24, 2.45) is 0 Å². The molecule has 0 fully saturated rings. The van der Waals surface area contributed by atoms with Gasteiger partial charge >= 0.3 is 0 Å². The van der Waals surface area contributed by atoms with Crippen LogP contribution in [0.1, 0.15) is 42.8 Å². The van der Waals surface area contributed by atoms with Crippen molar-refractivity contribution in [1.82, 2.24) is 10.3 Å². The van der Waals surface area contributed by atoms with Gasteiger partial charge in [-0.25, -0.2) is 0 Å². The highest BCUT2D eigenvalue weighted by atomic mass is 35.5. The molecule has 1 aromatic heterocycles. The minimum absolute atomic E-state index is 0.177. The summed E-state index contributed by atoms with van der Waals surface area (Å²) < 4.78 is 6.04. The number of benzene rings is 2. The lowest BCUT2D eigenvalue weighted by Crippen LogP contribution is -2.18. The number of nitrogens with one attached hydrogen (secondary N) is 1. The van der Waals surface area contributed by atoms with Gasteiger partial charge in [-0.3, -0.25) is 4.98 Å². The van der Waals surface area contributed by atoms with E-state index in [-0.39, 0.29) is 12.1 Å². The summed E-state index contributed by atoms with van der Waals surface area (Å²) in [5.74, 6) is 0.657. The van der Waals surface area contributed by atoms with Gasteiger partial charge in [-0.1, -0.05) is 47.5 Å². The van der Waals surface area contributed by atoms with E-state index in [2.05, 4.69) is 23.3 Å². The van der Waals surface area contributed by atoms with E-state index in [4.69, 9.17) is 27.9 Å². The predicted octanol–water partition coefficient (Wildman–Crippen LogP) is 6.38. The Morgan fingerprint density at radius 1 is 1.00 bits per heavy atom. The van der Waals surface area contributed by atoms with Crippen molar-refractivity contribution in [2.45, 2.75) is 32.5 Å². The fourth-order valence-corrected chi connectivity index (χ4v) is 3.14. The Labute approximate surface area is 170 Å². The molecular weight excluding hydrogens is 379 g/mol. The fourth-order valence-electron chi connectivity index (χ4n) is 2.78. The van der Waals surface area contributed by atoms with Crippen molar-refractivity contribution in [3.8, 4) is 5.75 Å². The summed E-state index contributed by atoms with van der Waals surface area (Å²) in [6.07, 6.45) is 1.58. The molecule has 3 rings (SSSR count). The zero-order chi connectivity index (χ0) is 19.2. The molecule has 2 aromatic carbocycles. The van der Waals surface area contributed by atoms with Gasteiger partial charge in [0.2, 0.25) is 0 Å². The van der Waals surface area contributed by atoms with Crippen LogP contribution in [-0.2, 0) is 6.54 Å². The molecule has 5 heteroatoms. The summed E-state index contributed by atoms with van der Waals surface area (Å²) in [5, 5.41) is 4.83. The first kappa shape index (κ1) is 19.7. The number of hydrogen-bond acceptors (Lipinski definition) is 3. The van der Waals surface area contributed by atoms with Crippen LogP contribution in [0.25, 0.3) is 0 Å². The molecule has 3 aromatic rings. The molecule has 2 atom stereocenters. The average Bonchev–Trinajstić information content (AvgIpc) is 2.69. The topological polar surface area (TPSA) is 34.1 Å². The van der Waals surface area contributed by atoms with E-state index in [0.717, 1.165) is 21.8 Å². The molecule has 0 saturated carbocycles. The van der Waals surface area contributed by atoms with E-state index in [1.54, 1.807) is 6.20 Å². The van der Waals surface area contributed by atoms with Crippen molar-refractivity contribution >= 4 is 23.2 Å². The largest absolute Gasteiger partial charge is 0.483 e. The summed E-state index contributed by atoms with van der Waals surface area (Å²) in [6.45, 7) is 4.77. The van der Waals surface area contributed by atoms with E-state index in [1.807, 2.05) is 61.5 Å². The number of pyridine rings is 1. The monoisotopic (exact) mass is 400 g/mol. The number of ether oxygens (including phenoxy) is 1. The lowest BCUT2D eigenvalue weighted by atomic mass is 10.1. The molecule has 0 spiro atoms. The molecule has 27 heavy (non-hydrogen) atoms. The van der Waals surface area contributed by atoms with Gasteiger partial charge in [-0.15, -0.1) is 0 Å². The molecule has 3 nitrogen and oxygen atoms in total. The Morgan fingerprint density at radius 3 is 2.59 bits per heavy atom. The maximum atomic E-state index is 6.32. The zero-order valence-electron chi connectivity index (χ0n) is 15.3. The Kier molecular flexibility index (Phi) is 6.73. The van der Waals surface area contributed by atoms with Gasteiger partial charge in [0.25, 0.3) is 0 Å². The first-order valence-corrected chi connectivity index (χ1v) is 9.63. The molecule has 1 N–H and O–H groups in total. The quantitative estimate of drug-likeness (QED) is 0.499. The summed E-state index contributed by atoms with van der Waals surface area (Å²) >= 11 is 12.4. The standard InChI is InChI=1S/C22H22Cl2N2O/c1-15(18-6-5-7-19(23)13-18)26-14-17-9-10-20(24)22(12-17)27-16(2)21-8-3-4-11-25-21/h3-13,15-16,26H,14H2,1-2H3/t15-,16?/m1/s1. The van der Waals surface area contributed by atoms with Crippen LogP contribution in [0.5, 0.6) is 5.75 Å². The molecule has 1 unspecified atom stereocenters. The number of rotatable bonds is 7. The minimum atomic E-state index is -0.183. The minimum Gasteiger partial charge on any atom is -0.483 e. The Bertz CT molecular complexity index is 886. The lowest BCUT2D eigenvalue weighted by molar-refractivity contribution is 0.222. The third-order valence-electron chi connectivity index (χ3n) is 4.36. The Balaban J connectivity index is 1.66. The molecule has 0 amide bonds. The Morgan fingerprint density at radius 2 is 1.85 bits per heavy atom. The summed E-state index contributed by atoms with van der Waals surface area (Å²) in [7, 11) is 0. The zero-order valence-corrected chi connectivity index (χ0v) is 16.8. The van der Waals surface area contributed by atoms with Crippen molar-refractivity contribution < 1.29 is 4.74 Å². The number of halogens is 2. The van der Waals surface area contributed by atoms with Gasteiger partial charge in [0, 0.05) is 23.8 Å². The van der Waals surface area contributed by atoms with Crippen LogP contribution < -0.4 is 10.1 Å². The molecule has 0 saturated heterocycles. The van der Waals surface area contributed by atoms with E-state index in [1.165, 1.54) is 0 Å². The third kappa shape index (κ3) is 5.46. The molecule has 1 heterocycles. The van der Waals surface area contributed by atoms with E-state index in [9.17, 15) is 0 Å². The smallest absolute Gasteiger partial charge is 0.139 e. The van der Waals surface area contributed by atoms with Gasteiger partial charge in [-0.2, -0.15) is 0 Å². The van der Waals surface area contributed by atoms with Crippen molar-refractivity contribution in [3.05, 3.63) is 93.7 Å². The highest BCUT2D eigenvalue weighted by Crippen LogP contribution is 2.30. The molecule has 0 bridgehead atoms. The second-order valence-corrected chi connectivity index (χ2v) is 7.28. The maximum absolute atomic E-state index is 6.32. The number of nitrogens with zero attached hydrogens (tertiary/aromatic N) is 1. The summed E-state index contributed by atoms with van der Waals surface area (Å²) in [5.41, 5.74) is 3.11. The highest BCUT2D eigenvalue weighted by molar-refractivity contribution is 6.32. The average molecular weight is 401 g/mol. The molecule has 140 valence electrons. The van der Waals surface area contributed by atoms with E-state index < -0.39 is 0 Å². The second-order valence-electron chi connectivity index (χ2n) is 6.44. The van der Waals surface area contributed by atoms with Crippen molar-refractivity contribution in [2.75, 3.05) is 0 Å². The molecule has 0 radical (unpaired) electrons. The van der Waals surface area contributed by atoms with Crippen LogP contribution in [0, 0.1) is 0 Å². The van der Waals surface area contributed by atoms with Crippen molar-refractivity contribution in [3.63, 3.8) is 0 Å². The van der Waals surface area contributed by atoms with Crippen LogP contribution >= 0.6 is 23.2 Å². The van der Waals surface area contributed by atoms with Crippen LogP contribution in [-0.4, -0.2) is 4.98 Å². The van der Waals surface area contributed by atoms with Gasteiger partial charge in [0.15, 0.2) is 0 Å². The van der Waals surface area contributed by atoms with Crippen LogP contribution in [0.2, 0.25) is 10.0 Å². The molecule has 0 aliphatic carbocycles. The molecule has 0 aliphatic heterocycles. The highest BCUT2D eigenvalue weighted by Gasteiger charge is 2.12. The first-order chi connectivity index (χ1) is 13.0. The maximum Gasteiger partial charge on any atom is 0.139 e. The van der Waals surface area contributed by atoms with Gasteiger partial charge in [0.1, 0.15) is 11.9 Å². The van der Waals surface area contributed by atoms with Gasteiger partial charge < -0.3 is 10.1 Å². The molecular formula is C22H22Cl2N2O. The first-order valence-electron chi connectivity index (χ1n) is 8.88. The van der Waals surface area contributed by atoms with Crippen LogP contribution in [0.15, 0.2) is 66.9 Å². The number of aromatic nitrogens is 1. The van der Waals surface area contributed by atoms with E-state index in [0.29, 0.717) is 17.3 Å². The summed E-state index contributed by atoms with van der Waals surface area (Å²) in [6, 6.07) is 19.7. The SMILES string of the molecule is CC(Oc1cc(CN[C@H](C)c2cccc(Cl)c2)ccc1Cl)c1ccccn1. The van der Waals surface area contributed by atoms with Gasteiger partial charge in [-0.05, 0) is 61.4 Å². The fraction of sp³-hybridized carbons (Fsp3) is 0.227. The van der Waals surface area contributed by atoms with Crippen LogP contribution in [0.3, 0.4) is 0 Å². The summed E-state index contributed by atoms with van der Waals surface area (Å²) in [4.78, 5) is 4.34. The Hall–Kier alpha value is -2.07. The third-order valence-corrected chi connectivity index (χ3v) is 4.91. The lowest BCUT2D eigenvalue weighted by Gasteiger charge is -2.18. The van der Waals surface area contributed by atoms with Gasteiger partial charge in [0.05, 0.1) is 10.7 Å².